The molecule has 1 heterocycles. The number of rotatable bonds is 10. The van der Waals surface area contributed by atoms with Gasteiger partial charge in [-0.15, -0.1) is 0 Å². The molecule has 1 aliphatic heterocycles. The maximum atomic E-state index is 12.5. The number of ether oxygens (including phenoxy) is 3. The largest absolute Gasteiger partial charge is 0.444 e. The zero-order chi connectivity index (χ0) is 24.5. The molecule has 33 heavy (non-hydrogen) atoms. The number of unbranched alkanes of at least 4 members (excludes halogenated alkanes) is 4. The third kappa shape index (κ3) is 9.68. The Hall–Kier alpha value is -2.18. The first kappa shape index (κ1) is 27.1. The lowest BCUT2D eigenvalue weighted by Gasteiger charge is -2.42. The van der Waals surface area contributed by atoms with Gasteiger partial charge in [0.25, 0.3) is 0 Å². The highest BCUT2D eigenvalue weighted by atomic mass is 16.7. The molecule has 0 atom stereocenters. The first-order chi connectivity index (χ1) is 15.4. The van der Waals surface area contributed by atoms with E-state index in [0.717, 1.165) is 24.0 Å². The lowest BCUT2D eigenvalue weighted by Crippen LogP contribution is -2.60. The molecule has 1 saturated heterocycles. The summed E-state index contributed by atoms with van der Waals surface area (Å²) in [5.74, 6) is -0.535. The van der Waals surface area contributed by atoms with Gasteiger partial charge >= 0.3 is 6.09 Å². The van der Waals surface area contributed by atoms with Gasteiger partial charge in [-0.1, -0.05) is 69.0 Å². The maximum Gasteiger partial charge on any atom is 0.408 e. The van der Waals surface area contributed by atoms with Crippen molar-refractivity contribution in [2.45, 2.75) is 97.0 Å². The standard InChI is InChI=1S/C27H41NO5/c1-7-8-9-10-11-12-23(29)22-15-13-21(14-16-22)17-18-27(19-31-26(5,6)32-20-27)28-24(30)33-25(2,3)4/h13-18H,7-12,19-20H2,1-6H3,(H,28,30)/b18-17+. The molecule has 0 spiro atoms. The van der Waals surface area contributed by atoms with E-state index in [-0.39, 0.29) is 19.0 Å². The van der Waals surface area contributed by atoms with Crippen molar-refractivity contribution in [3.05, 3.63) is 41.5 Å². The number of alkyl carbamates (subject to hydrolysis) is 1. The quantitative estimate of drug-likeness (QED) is 0.329. The Morgan fingerprint density at radius 3 is 2.21 bits per heavy atom. The summed E-state index contributed by atoms with van der Waals surface area (Å²) in [6, 6.07) is 7.55. The summed E-state index contributed by atoms with van der Waals surface area (Å²) < 4.78 is 17.1. The lowest BCUT2D eigenvalue weighted by atomic mass is 9.97. The Kier molecular flexibility index (Phi) is 9.68. The van der Waals surface area contributed by atoms with E-state index < -0.39 is 23.0 Å². The number of Topliss-reactive ketones (excluding diaryl/α,β-unsaturated/α-hetero) is 1. The number of hydrogen-bond acceptors (Lipinski definition) is 5. The van der Waals surface area contributed by atoms with E-state index in [0.29, 0.717) is 6.42 Å². The number of nitrogens with one attached hydrogen (secondary N) is 1. The second kappa shape index (κ2) is 11.8. The van der Waals surface area contributed by atoms with E-state index in [2.05, 4.69) is 12.2 Å². The molecule has 0 bridgehead atoms. The Morgan fingerprint density at radius 2 is 1.64 bits per heavy atom. The number of benzene rings is 1. The highest BCUT2D eigenvalue weighted by Gasteiger charge is 2.40. The molecule has 0 aromatic heterocycles. The number of ketones is 1. The molecule has 0 unspecified atom stereocenters. The number of hydrogen-bond donors (Lipinski definition) is 1. The molecule has 1 fully saturated rings. The molecule has 0 saturated carbocycles. The fourth-order valence-electron chi connectivity index (χ4n) is 3.47. The molecule has 6 heteroatoms. The van der Waals surface area contributed by atoms with E-state index >= 15 is 0 Å². The van der Waals surface area contributed by atoms with Gasteiger partial charge in [0.15, 0.2) is 11.6 Å². The molecule has 1 amide bonds. The topological polar surface area (TPSA) is 73.9 Å². The van der Waals surface area contributed by atoms with Crippen molar-refractivity contribution in [2.24, 2.45) is 0 Å². The van der Waals surface area contributed by atoms with Crippen LogP contribution >= 0.6 is 0 Å². The Bertz CT molecular complexity index is 795. The maximum absolute atomic E-state index is 12.5. The second-order valence-electron chi connectivity index (χ2n) is 10.3. The number of carbonyl (C=O) groups excluding carboxylic acids is 2. The van der Waals surface area contributed by atoms with Crippen molar-refractivity contribution in [1.82, 2.24) is 5.32 Å². The molecule has 184 valence electrons. The third-order valence-electron chi connectivity index (χ3n) is 5.44. The van der Waals surface area contributed by atoms with Crippen molar-refractivity contribution in [1.29, 1.82) is 0 Å². The van der Waals surface area contributed by atoms with Crippen molar-refractivity contribution >= 4 is 18.0 Å². The zero-order valence-corrected chi connectivity index (χ0v) is 21.2. The van der Waals surface area contributed by atoms with Crippen LogP contribution in [0, 0.1) is 0 Å². The van der Waals surface area contributed by atoms with Gasteiger partial charge in [0, 0.05) is 12.0 Å². The van der Waals surface area contributed by atoms with Crippen LogP contribution in [-0.4, -0.2) is 42.0 Å². The molecular weight excluding hydrogens is 418 g/mol. The van der Waals surface area contributed by atoms with Crippen LogP contribution in [0.3, 0.4) is 0 Å². The number of amides is 1. The van der Waals surface area contributed by atoms with Crippen LogP contribution in [0.15, 0.2) is 30.3 Å². The first-order valence-electron chi connectivity index (χ1n) is 12.1. The van der Waals surface area contributed by atoms with Crippen molar-refractivity contribution in [3.8, 4) is 0 Å². The predicted octanol–water partition coefficient (Wildman–Crippen LogP) is 6.29. The summed E-state index contributed by atoms with van der Waals surface area (Å²) in [6.07, 6.45) is 9.50. The van der Waals surface area contributed by atoms with Crippen molar-refractivity contribution < 1.29 is 23.8 Å². The minimum absolute atomic E-state index is 0.182. The van der Waals surface area contributed by atoms with E-state index in [1.807, 2.05) is 71.0 Å². The second-order valence-corrected chi connectivity index (χ2v) is 10.3. The molecule has 0 aliphatic carbocycles. The summed E-state index contributed by atoms with van der Waals surface area (Å²) in [5, 5.41) is 2.91. The molecule has 6 nitrogen and oxygen atoms in total. The normalized spacial score (nSPS) is 17.6. The van der Waals surface area contributed by atoms with E-state index in [1.54, 1.807) is 0 Å². The van der Waals surface area contributed by atoms with Crippen LogP contribution in [0.5, 0.6) is 0 Å². The Morgan fingerprint density at radius 1 is 1.03 bits per heavy atom. The van der Waals surface area contributed by atoms with Gasteiger partial charge in [-0.3, -0.25) is 4.79 Å². The van der Waals surface area contributed by atoms with Gasteiger partial charge in [-0.2, -0.15) is 0 Å². The van der Waals surface area contributed by atoms with Gasteiger partial charge in [0.05, 0.1) is 13.2 Å². The fraction of sp³-hybridized carbons (Fsp3) is 0.630. The SMILES string of the molecule is CCCCCCCC(=O)c1ccc(/C=C/C2(NC(=O)OC(C)(C)C)COC(C)(C)OC2)cc1. The smallest absolute Gasteiger partial charge is 0.408 e. The van der Waals surface area contributed by atoms with E-state index in [9.17, 15) is 9.59 Å². The minimum Gasteiger partial charge on any atom is -0.444 e. The van der Waals surface area contributed by atoms with Crippen LogP contribution in [0.4, 0.5) is 4.79 Å². The van der Waals surface area contributed by atoms with Gasteiger partial charge in [-0.05, 0) is 46.6 Å². The van der Waals surface area contributed by atoms with Crippen LogP contribution < -0.4 is 5.32 Å². The summed E-state index contributed by atoms with van der Waals surface area (Å²) in [4.78, 5) is 24.9. The van der Waals surface area contributed by atoms with Gasteiger partial charge in [0.2, 0.25) is 0 Å². The molecule has 1 aromatic carbocycles. The number of carbonyl (C=O) groups is 2. The van der Waals surface area contributed by atoms with Crippen LogP contribution in [0.1, 0.15) is 96.0 Å². The lowest BCUT2D eigenvalue weighted by molar-refractivity contribution is -0.263. The molecule has 0 radical (unpaired) electrons. The van der Waals surface area contributed by atoms with Gasteiger partial charge < -0.3 is 19.5 Å². The Labute approximate surface area is 199 Å². The van der Waals surface area contributed by atoms with Crippen LogP contribution in [-0.2, 0) is 14.2 Å². The molecule has 1 aliphatic rings. The zero-order valence-electron chi connectivity index (χ0n) is 21.2. The minimum atomic E-state index is -0.856. The van der Waals surface area contributed by atoms with Crippen molar-refractivity contribution in [2.75, 3.05) is 13.2 Å². The highest BCUT2D eigenvalue weighted by Crippen LogP contribution is 2.26. The molecule has 1 N–H and O–H groups in total. The predicted molar refractivity (Wildman–Crippen MR) is 131 cm³/mol. The summed E-state index contributed by atoms with van der Waals surface area (Å²) >= 11 is 0. The molecular formula is C27H41NO5. The van der Waals surface area contributed by atoms with Gasteiger partial charge in [-0.25, -0.2) is 4.79 Å². The highest BCUT2D eigenvalue weighted by molar-refractivity contribution is 5.96. The van der Waals surface area contributed by atoms with E-state index in [1.165, 1.54) is 19.3 Å². The van der Waals surface area contributed by atoms with Crippen molar-refractivity contribution in [3.63, 3.8) is 0 Å². The average Bonchev–Trinajstić information content (AvgIpc) is 2.73. The Balaban J connectivity index is 2.04. The monoisotopic (exact) mass is 459 g/mol. The van der Waals surface area contributed by atoms with Crippen LogP contribution in [0.25, 0.3) is 6.08 Å². The first-order valence-corrected chi connectivity index (χ1v) is 12.1. The average molecular weight is 460 g/mol. The molecule has 2 rings (SSSR count). The molecule has 1 aromatic rings. The van der Waals surface area contributed by atoms with E-state index in [4.69, 9.17) is 14.2 Å². The van der Waals surface area contributed by atoms with Gasteiger partial charge in [0.1, 0.15) is 11.1 Å². The summed E-state index contributed by atoms with van der Waals surface area (Å²) in [7, 11) is 0. The third-order valence-corrected chi connectivity index (χ3v) is 5.44. The van der Waals surface area contributed by atoms with Crippen LogP contribution in [0.2, 0.25) is 0 Å². The summed E-state index contributed by atoms with van der Waals surface area (Å²) in [6.45, 7) is 11.8. The summed E-state index contributed by atoms with van der Waals surface area (Å²) in [5.41, 5.74) is 0.188. The fourth-order valence-corrected chi connectivity index (χ4v) is 3.47.